The van der Waals surface area contributed by atoms with E-state index >= 15 is 0 Å². The molecule has 0 radical (unpaired) electrons. The van der Waals surface area contributed by atoms with E-state index in [1.807, 2.05) is 0 Å². The maximum Gasteiger partial charge on any atom is -0.0276 e. The molecule has 0 nitrogen and oxygen atoms in total. The lowest BCUT2D eigenvalue weighted by Gasteiger charge is -2.38. The molecule has 0 aliphatic heterocycles. The first-order chi connectivity index (χ1) is 14.8. The molecule has 2 saturated carbocycles. The molecule has 0 atom stereocenters. The number of benzene rings is 1. The molecule has 1 aromatic carbocycles. The smallest absolute Gasteiger partial charge is 0.0276 e. The van der Waals surface area contributed by atoms with Gasteiger partial charge in [0.25, 0.3) is 0 Å². The quantitative estimate of drug-likeness (QED) is 0.301. The molecule has 2 aliphatic rings. The van der Waals surface area contributed by atoms with Crippen LogP contribution in [-0.4, -0.2) is 0 Å². The molecule has 170 valence electrons. The van der Waals surface area contributed by atoms with E-state index in [0.717, 1.165) is 23.7 Å². The van der Waals surface area contributed by atoms with Gasteiger partial charge in [0.15, 0.2) is 0 Å². The molecular formula is C30H50. The zero-order valence-electron chi connectivity index (χ0n) is 20.3. The molecule has 0 N–H and O–H groups in total. The number of hydrogen-bond acceptors (Lipinski definition) is 0. The first-order valence-corrected chi connectivity index (χ1v) is 13.9. The lowest BCUT2D eigenvalue weighted by molar-refractivity contribution is 0.141. The topological polar surface area (TPSA) is 0 Å². The van der Waals surface area contributed by atoms with Gasteiger partial charge in [0, 0.05) is 0 Å². The summed E-state index contributed by atoms with van der Waals surface area (Å²) in [6.45, 7) is 4.65. The fourth-order valence-electron chi connectivity index (χ4n) is 6.48. The van der Waals surface area contributed by atoms with Gasteiger partial charge in [-0.1, -0.05) is 102 Å². The monoisotopic (exact) mass is 410 g/mol. The zero-order valence-corrected chi connectivity index (χ0v) is 20.3. The van der Waals surface area contributed by atoms with Crippen molar-refractivity contribution in [2.45, 2.75) is 129 Å². The van der Waals surface area contributed by atoms with Crippen LogP contribution < -0.4 is 0 Å². The summed E-state index contributed by atoms with van der Waals surface area (Å²) < 4.78 is 0. The van der Waals surface area contributed by atoms with E-state index in [9.17, 15) is 0 Å². The predicted octanol–water partition coefficient (Wildman–Crippen LogP) is 9.54. The maximum atomic E-state index is 2.42. The van der Waals surface area contributed by atoms with Crippen LogP contribution in [0, 0.1) is 23.7 Å². The second-order valence-electron chi connectivity index (χ2n) is 10.9. The Morgan fingerprint density at radius 3 is 1.57 bits per heavy atom. The Bertz CT molecular complexity index is 540. The third kappa shape index (κ3) is 8.05. The minimum Gasteiger partial charge on any atom is -0.0654 e. The van der Waals surface area contributed by atoms with Gasteiger partial charge in [0.05, 0.1) is 0 Å². The van der Waals surface area contributed by atoms with Gasteiger partial charge in [-0.3, -0.25) is 0 Å². The van der Waals surface area contributed by atoms with Gasteiger partial charge in [0.2, 0.25) is 0 Å². The van der Waals surface area contributed by atoms with Crippen LogP contribution in [0.4, 0.5) is 0 Å². The number of hydrogen-bond donors (Lipinski definition) is 0. The summed E-state index contributed by atoms with van der Waals surface area (Å²) in [6.07, 6.45) is 26.0. The molecule has 2 aliphatic carbocycles. The molecular weight excluding hydrogens is 360 g/mol. The molecule has 0 saturated heterocycles. The molecule has 0 aromatic heterocycles. The standard InChI is InChI=1S/C30H50/c1-3-5-6-7-8-10-26-11-13-27(14-12-26)15-16-28-19-23-30(24-20-28)29-21-17-25(9-4-2)18-22-29/h11-14,25,28-30H,3-10,15-24H2,1-2H3/t25-,28-,29-,30-. The molecule has 2 fully saturated rings. The second kappa shape index (κ2) is 13.6. The summed E-state index contributed by atoms with van der Waals surface area (Å²) in [5.74, 6) is 4.21. The SMILES string of the molecule is CCCCCCCc1ccc(CC[C@H]2CC[C@H]([C@H]3CC[C@H](CCC)CC3)CC2)cc1. The van der Waals surface area contributed by atoms with Crippen molar-refractivity contribution >= 4 is 0 Å². The van der Waals surface area contributed by atoms with Crippen LogP contribution in [0.5, 0.6) is 0 Å². The van der Waals surface area contributed by atoms with Gasteiger partial charge in [0.1, 0.15) is 0 Å². The minimum absolute atomic E-state index is 0.996. The van der Waals surface area contributed by atoms with Crippen molar-refractivity contribution in [2.24, 2.45) is 23.7 Å². The van der Waals surface area contributed by atoms with Crippen molar-refractivity contribution in [3.8, 4) is 0 Å². The molecule has 3 rings (SSSR count). The first-order valence-electron chi connectivity index (χ1n) is 13.9. The summed E-state index contributed by atoms with van der Waals surface area (Å²) in [7, 11) is 0. The van der Waals surface area contributed by atoms with Crippen LogP contribution in [0.3, 0.4) is 0 Å². The fraction of sp³-hybridized carbons (Fsp3) is 0.800. The van der Waals surface area contributed by atoms with Gasteiger partial charge in [-0.05, 0) is 86.2 Å². The highest BCUT2D eigenvalue weighted by molar-refractivity contribution is 5.22. The third-order valence-corrected chi connectivity index (χ3v) is 8.58. The Morgan fingerprint density at radius 1 is 0.533 bits per heavy atom. The van der Waals surface area contributed by atoms with E-state index in [4.69, 9.17) is 0 Å². The van der Waals surface area contributed by atoms with Crippen molar-refractivity contribution in [1.82, 2.24) is 0 Å². The lowest BCUT2D eigenvalue weighted by atomic mass is 9.68. The maximum absolute atomic E-state index is 2.42. The van der Waals surface area contributed by atoms with Crippen LogP contribution in [0.1, 0.15) is 128 Å². The van der Waals surface area contributed by atoms with Crippen LogP contribution in [0.2, 0.25) is 0 Å². The Balaban J connectivity index is 1.29. The van der Waals surface area contributed by atoms with Gasteiger partial charge in [-0.2, -0.15) is 0 Å². The van der Waals surface area contributed by atoms with Gasteiger partial charge in [-0.25, -0.2) is 0 Å². The first kappa shape index (κ1) is 23.9. The van der Waals surface area contributed by atoms with Crippen molar-refractivity contribution < 1.29 is 0 Å². The van der Waals surface area contributed by atoms with Gasteiger partial charge >= 0.3 is 0 Å². The Labute approximate surface area is 188 Å². The van der Waals surface area contributed by atoms with Crippen molar-refractivity contribution in [1.29, 1.82) is 0 Å². The lowest BCUT2D eigenvalue weighted by Crippen LogP contribution is -2.26. The summed E-state index contributed by atoms with van der Waals surface area (Å²) in [4.78, 5) is 0. The highest BCUT2D eigenvalue weighted by atomic mass is 14.4. The van der Waals surface area contributed by atoms with E-state index in [2.05, 4.69) is 38.1 Å². The average molecular weight is 411 g/mol. The van der Waals surface area contributed by atoms with Crippen LogP contribution in [0.15, 0.2) is 24.3 Å². The molecule has 0 heterocycles. The molecule has 0 spiro atoms. The summed E-state index contributed by atoms with van der Waals surface area (Å²) >= 11 is 0. The largest absolute Gasteiger partial charge is 0.0654 e. The van der Waals surface area contributed by atoms with Crippen molar-refractivity contribution in [3.05, 3.63) is 35.4 Å². The Hall–Kier alpha value is -0.780. The highest BCUT2D eigenvalue weighted by Gasteiger charge is 2.30. The number of rotatable bonds is 12. The third-order valence-electron chi connectivity index (χ3n) is 8.58. The average Bonchev–Trinajstić information content (AvgIpc) is 2.79. The van der Waals surface area contributed by atoms with Crippen LogP contribution >= 0.6 is 0 Å². The summed E-state index contributed by atoms with van der Waals surface area (Å²) in [6, 6.07) is 9.64. The minimum atomic E-state index is 0.996. The van der Waals surface area contributed by atoms with E-state index < -0.39 is 0 Å². The van der Waals surface area contributed by atoms with E-state index in [1.165, 1.54) is 103 Å². The summed E-state index contributed by atoms with van der Waals surface area (Å²) in [5.41, 5.74) is 3.12. The second-order valence-corrected chi connectivity index (χ2v) is 10.9. The molecule has 0 amide bonds. The van der Waals surface area contributed by atoms with E-state index in [-0.39, 0.29) is 0 Å². The number of unbranched alkanes of at least 4 members (excludes halogenated alkanes) is 4. The molecule has 0 bridgehead atoms. The van der Waals surface area contributed by atoms with Crippen molar-refractivity contribution in [3.63, 3.8) is 0 Å². The van der Waals surface area contributed by atoms with E-state index in [1.54, 1.807) is 24.0 Å². The van der Waals surface area contributed by atoms with Crippen molar-refractivity contribution in [2.75, 3.05) is 0 Å². The Kier molecular flexibility index (Phi) is 10.8. The number of aryl methyl sites for hydroxylation is 2. The zero-order chi connectivity index (χ0) is 21.0. The highest BCUT2D eigenvalue weighted by Crippen LogP contribution is 2.42. The molecule has 0 unspecified atom stereocenters. The summed E-state index contributed by atoms with van der Waals surface area (Å²) in [5, 5.41) is 0. The molecule has 30 heavy (non-hydrogen) atoms. The van der Waals surface area contributed by atoms with Gasteiger partial charge in [-0.15, -0.1) is 0 Å². The fourth-order valence-corrected chi connectivity index (χ4v) is 6.48. The van der Waals surface area contributed by atoms with Gasteiger partial charge < -0.3 is 0 Å². The molecule has 0 heteroatoms. The molecule has 1 aromatic rings. The van der Waals surface area contributed by atoms with Crippen LogP contribution in [0.25, 0.3) is 0 Å². The Morgan fingerprint density at radius 2 is 1.03 bits per heavy atom. The predicted molar refractivity (Wildman–Crippen MR) is 133 cm³/mol. The normalized spacial score (nSPS) is 27.3. The van der Waals surface area contributed by atoms with E-state index in [0.29, 0.717) is 0 Å². The van der Waals surface area contributed by atoms with Crippen LogP contribution in [-0.2, 0) is 12.8 Å².